The van der Waals surface area contributed by atoms with E-state index >= 15 is 0 Å². The molecule has 0 spiro atoms. The Kier molecular flexibility index (Phi) is 8.81. The first kappa shape index (κ1) is 21.9. The molecule has 1 N–H and O–H groups in total. The Morgan fingerprint density at radius 1 is 1.07 bits per heavy atom. The zero-order valence-electron chi connectivity index (χ0n) is 14.3. The molecular weight excluding hydrogens is 505 g/mol. The molecule has 0 aliphatic carbocycles. The highest BCUT2D eigenvalue weighted by Crippen LogP contribution is 2.24. The number of alkyl halides is 1. The van der Waals surface area contributed by atoms with Crippen LogP contribution in [0.15, 0.2) is 60.7 Å². The van der Waals surface area contributed by atoms with Crippen molar-refractivity contribution in [2.75, 3.05) is 12.4 Å². The second kappa shape index (κ2) is 10.8. The SMILES string of the molecule is O=C(N[C@@H](COC(I)c1ccccc1)CS(=O)(=O)Cl)OCc1ccccc1. The van der Waals surface area contributed by atoms with Crippen LogP contribution in [0.25, 0.3) is 0 Å². The van der Waals surface area contributed by atoms with Gasteiger partial charge in [-0.15, -0.1) is 0 Å². The monoisotopic (exact) mass is 523 g/mol. The highest BCUT2D eigenvalue weighted by atomic mass is 127. The van der Waals surface area contributed by atoms with Crippen LogP contribution in [0.1, 0.15) is 15.2 Å². The van der Waals surface area contributed by atoms with Gasteiger partial charge >= 0.3 is 6.09 Å². The molecule has 1 amide bonds. The van der Waals surface area contributed by atoms with Crippen molar-refractivity contribution in [3.63, 3.8) is 0 Å². The topological polar surface area (TPSA) is 81.7 Å². The highest BCUT2D eigenvalue weighted by Gasteiger charge is 2.22. The van der Waals surface area contributed by atoms with Crippen LogP contribution in [0.3, 0.4) is 0 Å². The smallest absolute Gasteiger partial charge is 0.407 e. The van der Waals surface area contributed by atoms with E-state index in [-0.39, 0.29) is 17.3 Å². The van der Waals surface area contributed by atoms with Crippen molar-refractivity contribution in [1.82, 2.24) is 5.32 Å². The van der Waals surface area contributed by atoms with Gasteiger partial charge in [0.25, 0.3) is 0 Å². The van der Waals surface area contributed by atoms with Crippen LogP contribution >= 0.6 is 33.3 Å². The third kappa shape index (κ3) is 8.91. The van der Waals surface area contributed by atoms with Gasteiger partial charge in [-0.1, -0.05) is 60.7 Å². The second-order valence-electron chi connectivity index (χ2n) is 5.67. The number of alkyl carbamates (subject to hydrolysis) is 1. The summed E-state index contributed by atoms with van der Waals surface area (Å²) in [6.45, 7) is 0.0433. The normalized spacial score (nSPS) is 13.6. The number of nitrogens with one attached hydrogen (secondary N) is 1. The number of hydrogen-bond donors (Lipinski definition) is 1. The first-order chi connectivity index (χ1) is 12.8. The van der Waals surface area contributed by atoms with Crippen LogP contribution in [0, 0.1) is 0 Å². The van der Waals surface area contributed by atoms with Crippen LogP contribution in [-0.4, -0.2) is 32.9 Å². The van der Waals surface area contributed by atoms with Crippen LogP contribution in [0.5, 0.6) is 0 Å². The molecule has 0 fully saturated rings. The molecule has 0 aromatic heterocycles. The van der Waals surface area contributed by atoms with Crippen molar-refractivity contribution in [1.29, 1.82) is 0 Å². The number of carbonyl (C=O) groups is 1. The molecule has 2 atom stereocenters. The lowest BCUT2D eigenvalue weighted by molar-refractivity contribution is 0.0956. The Labute approximate surface area is 176 Å². The van der Waals surface area contributed by atoms with E-state index in [4.69, 9.17) is 20.2 Å². The van der Waals surface area contributed by atoms with Crippen LogP contribution in [-0.2, 0) is 25.1 Å². The molecule has 9 heteroatoms. The second-order valence-corrected chi connectivity index (χ2v) is 9.62. The predicted molar refractivity (Wildman–Crippen MR) is 112 cm³/mol. The molecular formula is C18H19ClINO5S. The fourth-order valence-corrected chi connectivity index (χ4v) is 3.94. The predicted octanol–water partition coefficient (Wildman–Crippen LogP) is 4.00. The van der Waals surface area contributed by atoms with Gasteiger partial charge in [-0.3, -0.25) is 0 Å². The Bertz CT molecular complexity index is 820. The average molecular weight is 524 g/mol. The first-order valence-corrected chi connectivity index (χ1v) is 11.8. The standard InChI is InChI=1S/C18H19ClINO5S/c19-27(23,24)13-16(12-25-17(20)15-9-5-2-6-10-15)21-18(22)26-11-14-7-3-1-4-8-14/h1-10,16-17H,11-13H2,(H,21,22)/t16-,17?/m0/s1. The average Bonchev–Trinajstić information content (AvgIpc) is 2.64. The van der Waals surface area contributed by atoms with Crippen molar-refractivity contribution in [2.24, 2.45) is 0 Å². The van der Waals surface area contributed by atoms with E-state index in [1.54, 1.807) is 0 Å². The van der Waals surface area contributed by atoms with Gasteiger partial charge in [-0.05, 0) is 33.7 Å². The fourth-order valence-electron chi connectivity index (χ4n) is 2.20. The minimum absolute atomic E-state index is 0.0328. The number of benzene rings is 2. The Balaban J connectivity index is 1.90. The Morgan fingerprint density at radius 3 is 2.26 bits per heavy atom. The van der Waals surface area contributed by atoms with Gasteiger partial charge in [0.1, 0.15) is 10.7 Å². The number of amides is 1. The molecule has 2 aromatic rings. The molecule has 0 aliphatic heterocycles. The molecule has 27 heavy (non-hydrogen) atoms. The maximum atomic E-state index is 12.0. The maximum absolute atomic E-state index is 12.0. The van der Waals surface area contributed by atoms with Gasteiger partial charge in [-0.25, -0.2) is 13.2 Å². The summed E-state index contributed by atoms with van der Waals surface area (Å²) < 4.78 is 33.4. The lowest BCUT2D eigenvalue weighted by Crippen LogP contribution is -2.42. The molecule has 1 unspecified atom stereocenters. The lowest BCUT2D eigenvalue weighted by atomic mass is 10.2. The number of hydrogen-bond acceptors (Lipinski definition) is 5. The molecule has 146 valence electrons. The molecule has 6 nitrogen and oxygen atoms in total. The highest BCUT2D eigenvalue weighted by molar-refractivity contribution is 14.1. The molecule has 0 saturated heterocycles. The third-order valence-electron chi connectivity index (χ3n) is 3.44. The number of ether oxygens (including phenoxy) is 2. The number of halogens is 2. The van der Waals surface area contributed by atoms with Gasteiger partial charge in [-0.2, -0.15) is 0 Å². The summed E-state index contributed by atoms with van der Waals surface area (Å²) in [5.74, 6) is -0.465. The van der Waals surface area contributed by atoms with Crippen LogP contribution in [0.2, 0.25) is 0 Å². The number of rotatable bonds is 9. The van der Waals surface area contributed by atoms with Crippen molar-refractivity contribution in [2.45, 2.75) is 16.8 Å². The number of carbonyl (C=O) groups excluding carboxylic acids is 1. The van der Waals surface area contributed by atoms with Gasteiger partial charge in [0.05, 0.1) is 18.4 Å². The van der Waals surface area contributed by atoms with Crippen LogP contribution < -0.4 is 5.32 Å². The van der Waals surface area contributed by atoms with E-state index in [0.29, 0.717) is 0 Å². The largest absolute Gasteiger partial charge is 0.445 e. The molecule has 2 rings (SSSR count). The summed E-state index contributed by atoms with van der Waals surface area (Å²) >= 11 is 2.09. The summed E-state index contributed by atoms with van der Waals surface area (Å²) in [6, 6.07) is 17.8. The lowest BCUT2D eigenvalue weighted by Gasteiger charge is -2.20. The minimum Gasteiger partial charge on any atom is -0.445 e. The molecule has 2 aromatic carbocycles. The summed E-state index contributed by atoms with van der Waals surface area (Å²) in [4.78, 5) is 12.0. The zero-order chi connectivity index (χ0) is 19.7. The third-order valence-corrected chi connectivity index (χ3v) is 5.70. The van der Waals surface area contributed by atoms with E-state index in [0.717, 1.165) is 11.1 Å². The molecule has 0 saturated carbocycles. The summed E-state index contributed by atoms with van der Waals surface area (Å²) in [5.41, 5.74) is 1.75. The molecule has 0 bridgehead atoms. The van der Waals surface area contributed by atoms with E-state index in [9.17, 15) is 13.2 Å². The van der Waals surface area contributed by atoms with Gasteiger partial charge < -0.3 is 14.8 Å². The first-order valence-electron chi connectivity index (χ1n) is 8.03. The van der Waals surface area contributed by atoms with Gasteiger partial charge in [0.2, 0.25) is 9.05 Å². The van der Waals surface area contributed by atoms with Crippen molar-refractivity contribution in [3.05, 3.63) is 71.8 Å². The van der Waals surface area contributed by atoms with Crippen molar-refractivity contribution in [3.8, 4) is 0 Å². The van der Waals surface area contributed by atoms with E-state index < -0.39 is 26.9 Å². The van der Waals surface area contributed by atoms with E-state index in [2.05, 4.69) is 27.9 Å². The zero-order valence-corrected chi connectivity index (χ0v) is 18.0. The molecule has 0 heterocycles. The molecule has 0 radical (unpaired) electrons. The van der Waals surface area contributed by atoms with E-state index in [1.165, 1.54) is 0 Å². The quantitative estimate of drug-likeness (QED) is 0.305. The van der Waals surface area contributed by atoms with Crippen LogP contribution in [0.4, 0.5) is 4.79 Å². The van der Waals surface area contributed by atoms with Gasteiger partial charge in [0.15, 0.2) is 0 Å². The van der Waals surface area contributed by atoms with Gasteiger partial charge in [0, 0.05) is 10.7 Å². The summed E-state index contributed by atoms with van der Waals surface area (Å²) in [6.07, 6.45) is -0.738. The Hall–Kier alpha value is -1.36. The van der Waals surface area contributed by atoms with Crippen molar-refractivity contribution >= 4 is 48.4 Å². The Morgan fingerprint density at radius 2 is 1.67 bits per heavy atom. The minimum atomic E-state index is -3.83. The summed E-state index contributed by atoms with van der Waals surface area (Å²) in [5, 5.41) is 2.50. The summed E-state index contributed by atoms with van der Waals surface area (Å²) in [7, 11) is 1.51. The van der Waals surface area contributed by atoms with Crippen molar-refractivity contribution < 1.29 is 22.7 Å². The fraction of sp³-hybridized carbons (Fsp3) is 0.278. The molecule has 0 aliphatic rings. The maximum Gasteiger partial charge on any atom is 0.407 e. The van der Waals surface area contributed by atoms with E-state index in [1.807, 2.05) is 60.7 Å².